The standard InChI is InChI=1S/C6H8O2/c1-5(7)3-4-6(2)8/h3-4,7H,1H2,2H3/b4-3+. The third-order valence-electron chi connectivity index (χ3n) is 0.510. The van der Waals surface area contributed by atoms with Gasteiger partial charge >= 0.3 is 0 Å². The largest absolute Gasteiger partial charge is 0.509 e. The third-order valence-corrected chi connectivity index (χ3v) is 0.510. The molecule has 0 aliphatic carbocycles. The maximum Gasteiger partial charge on any atom is 0.152 e. The minimum Gasteiger partial charge on any atom is -0.509 e. The highest BCUT2D eigenvalue weighted by molar-refractivity contribution is 5.87. The molecule has 2 nitrogen and oxygen atoms in total. The van der Waals surface area contributed by atoms with Crippen LogP contribution in [0.3, 0.4) is 0 Å². The maximum atomic E-state index is 10.1. The second-order valence-corrected chi connectivity index (χ2v) is 1.44. The van der Waals surface area contributed by atoms with Crippen LogP contribution in [0, 0.1) is 0 Å². The first-order chi connectivity index (χ1) is 3.63. The van der Waals surface area contributed by atoms with Gasteiger partial charge in [0.1, 0.15) is 5.76 Å². The van der Waals surface area contributed by atoms with E-state index in [1.54, 1.807) is 0 Å². The van der Waals surface area contributed by atoms with Gasteiger partial charge in [0.25, 0.3) is 0 Å². The molecule has 0 saturated carbocycles. The van der Waals surface area contributed by atoms with E-state index in [-0.39, 0.29) is 11.5 Å². The smallest absolute Gasteiger partial charge is 0.152 e. The van der Waals surface area contributed by atoms with E-state index in [2.05, 4.69) is 6.58 Å². The van der Waals surface area contributed by atoms with Crippen molar-refractivity contribution in [3.8, 4) is 0 Å². The lowest BCUT2D eigenvalue weighted by atomic mass is 10.4. The lowest BCUT2D eigenvalue weighted by Crippen LogP contribution is -1.79. The van der Waals surface area contributed by atoms with Crippen LogP contribution in [0.2, 0.25) is 0 Å². The molecule has 1 N–H and O–H groups in total. The van der Waals surface area contributed by atoms with Crippen molar-refractivity contribution in [3.05, 3.63) is 24.5 Å². The zero-order chi connectivity index (χ0) is 6.57. The molecule has 0 aromatic carbocycles. The van der Waals surface area contributed by atoms with Gasteiger partial charge in [-0.25, -0.2) is 0 Å². The Balaban J connectivity index is 3.67. The average molecular weight is 112 g/mol. The summed E-state index contributed by atoms with van der Waals surface area (Å²) in [6.45, 7) is 4.55. The normalized spacial score (nSPS) is 9.62. The van der Waals surface area contributed by atoms with Gasteiger partial charge in [-0.15, -0.1) is 0 Å². The van der Waals surface area contributed by atoms with Crippen molar-refractivity contribution in [1.82, 2.24) is 0 Å². The van der Waals surface area contributed by atoms with Gasteiger partial charge in [0.15, 0.2) is 5.78 Å². The van der Waals surface area contributed by atoms with Crippen LogP contribution >= 0.6 is 0 Å². The van der Waals surface area contributed by atoms with Crippen LogP contribution in [-0.4, -0.2) is 10.9 Å². The molecule has 0 aromatic heterocycles. The summed E-state index contributed by atoms with van der Waals surface area (Å²) in [5.41, 5.74) is 0. The Morgan fingerprint density at radius 3 is 2.25 bits per heavy atom. The van der Waals surface area contributed by atoms with Crippen LogP contribution < -0.4 is 0 Å². The first-order valence-corrected chi connectivity index (χ1v) is 2.19. The molecule has 0 spiro atoms. The van der Waals surface area contributed by atoms with Crippen LogP contribution in [0.25, 0.3) is 0 Å². The summed E-state index contributed by atoms with van der Waals surface area (Å²) in [5.74, 6) is -0.194. The van der Waals surface area contributed by atoms with Crippen LogP contribution in [-0.2, 0) is 4.79 Å². The van der Waals surface area contributed by atoms with Gasteiger partial charge in [0.05, 0.1) is 0 Å². The number of hydrogen-bond donors (Lipinski definition) is 1. The molecular formula is C6H8O2. The summed E-state index contributed by atoms with van der Waals surface area (Å²) < 4.78 is 0. The lowest BCUT2D eigenvalue weighted by Gasteiger charge is -1.80. The SMILES string of the molecule is C=C(O)/C=C/C(C)=O. The number of hydrogen-bond acceptors (Lipinski definition) is 2. The molecule has 0 atom stereocenters. The summed E-state index contributed by atoms with van der Waals surface area (Å²) >= 11 is 0. The van der Waals surface area contributed by atoms with Crippen molar-refractivity contribution < 1.29 is 9.90 Å². The summed E-state index contributed by atoms with van der Waals surface area (Å²) in [6, 6.07) is 0. The minimum absolute atomic E-state index is 0.0970. The van der Waals surface area contributed by atoms with Crippen LogP contribution in [0.15, 0.2) is 24.5 Å². The van der Waals surface area contributed by atoms with Crippen molar-refractivity contribution in [2.24, 2.45) is 0 Å². The molecule has 0 aromatic rings. The number of aliphatic hydroxyl groups excluding tert-OH is 1. The van der Waals surface area contributed by atoms with Crippen molar-refractivity contribution in [1.29, 1.82) is 0 Å². The molecule has 0 saturated heterocycles. The number of carbonyl (C=O) groups is 1. The van der Waals surface area contributed by atoms with E-state index in [1.165, 1.54) is 19.1 Å². The van der Waals surface area contributed by atoms with Gasteiger partial charge < -0.3 is 5.11 Å². The maximum absolute atomic E-state index is 10.1. The van der Waals surface area contributed by atoms with Gasteiger partial charge in [-0.05, 0) is 19.1 Å². The fourth-order valence-electron chi connectivity index (χ4n) is 0.214. The Bertz CT molecular complexity index is 117. The van der Waals surface area contributed by atoms with Gasteiger partial charge in [0, 0.05) is 0 Å². The lowest BCUT2D eigenvalue weighted by molar-refractivity contribution is -0.112. The highest BCUT2D eigenvalue weighted by Gasteiger charge is 1.80. The molecule has 0 rings (SSSR count). The Labute approximate surface area is 48.1 Å². The molecule has 2 heteroatoms. The molecule has 0 amide bonds. The van der Waals surface area contributed by atoms with E-state index in [0.717, 1.165) is 0 Å². The third kappa shape index (κ3) is 4.95. The number of ketones is 1. The van der Waals surface area contributed by atoms with Gasteiger partial charge in [-0.1, -0.05) is 6.58 Å². The molecule has 0 aliphatic rings. The highest BCUT2D eigenvalue weighted by Crippen LogP contribution is 1.83. The number of carbonyl (C=O) groups excluding carboxylic acids is 1. The molecule has 44 valence electrons. The molecule has 0 unspecified atom stereocenters. The van der Waals surface area contributed by atoms with E-state index in [9.17, 15) is 4.79 Å². The van der Waals surface area contributed by atoms with Gasteiger partial charge in [0.2, 0.25) is 0 Å². The Morgan fingerprint density at radius 1 is 1.62 bits per heavy atom. The first-order valence-electron chi connectivity index (χ1n) is 2.19. The predicted octanol–water partition coefficient (Wildman–Crippen LogP) is 1.20. The minimum atomic E-state index is -0.0970. The fourth-order valence-corrected chi connectivity index (χ4v) is 0.214. The molecule has 0 aliphatic heterocycles. The van der Waals surface area contributed by atoms with E-state index in [4.69, 9.17) is 5.11 Å². The molecule has 0 bridgehead atoms. The number of aliphatic hydroxyl groups is 1. The van der Waals surface area contributed by atoms with E-state index >= 15 is 0 Å². The summed E-state index contributed by atoms with van der Waals surface area (Å²) in [5, 5.41) is 8.37. The second kappa shape index (κ2) is 3.02. The van der Waals surface area contributed by atoms with Crippen LogP contribution in [0.4, 0.5) is 0 Å². The van der Waals surface area contributed by atoms with Crippen LogP contribution in [0.1, 0.15) is 6.92 Å². The first kappa shape index (κ1) is 6.95. The van der Waals surface area contributed by atoms with Crippen molar-refractivity contribution in [3.63, 3.8) is 0 Å². The second-order valence-electron chi connectivity index (χ2n) is 1.44. The Kier molecular flexibility index (Phi) is 2.62. The van der Waals surface area contributed by atoms with Crippen molar-refractivity contribution in [2.75, 3.05) is 0 Å². The molecule has 8 heavy (non-hydrogen) atoms. The molecule has 0 heterocycles. The molecule has 0 radical (unpaired) electrons. The quantitative estimate of drug-likeness (QED) is 0.331. The topological polar surface area (TPSA) is 37.3 Å². The summed E-state index contributed by atoms with van der Waals surface area (Å²) in [4.78, 5) is 10.1. The average Bonchev–Trinajstić information content (AvgIpc) is 1.61. The van der Waals surface area contributed by atoms with E-state index < -0.39 is 0 Å². The molecule has 0 fully saturated rings. The van der Waals surface area contributed by atoms with E-state index in [1.807, 2.05) is 0 Å². The van der Waals surface area contributed by atoms with E-state index in [0.29, 0.717) is 0 Å². The van der Waals surface area contributed by atoms with Gasteiger partial charge in [-0.2, -0.15) is 0 Å². The molecular weight excluding hydrogens is 104 g/mol. The van der Waals surface area contributed by atoms with Crippen molar-refractivity contribution >= 4 is 5.78 Å². The predicted molar refractivity (Wildman–Crippen MR) is 31.6 cm³/mol. The monoisotopic (exact) mass is 112 g/mol. The highest BCUT2D eigenvalue weighted by atomic mass is 16.3. The zero-order valence-electron chi connectivity index (χ0n) is 4.72. The van der Waals surface area contributed by atoms with Crippen LogP contribution in [0.5, 0.6) is 0 Å². The Morgan fingerprint density at radius 2 is 2.12 bits per heavy atom. The van der Waals surface area contributed by atoms with Crippen molar-refractivity contribution in [2.45, 2.75) is 6.92 Å². The number of allylic oxidation sites excluding steroid dienone is 2. The summed E-state index contributed by atoms with van der Waals surface area (Å²) in [6.07, 6.45) is 2.50. The number of rotatable bonds is 2. The van der Waals surface area contributed by atoms with Gasteiger partial charge in [-0.3, -0.25) is 4.79 Å². The zero-order valence-corrected chi connectivity index (χ0v) is 4.72. The Hall–Kier alpha value is -1.05. The summed E-state index contributed by atoms with van der Waals surface area (Å²) in [7, 11) is 0. The fraction of sp³-hybridized carbons (Fsp3) is 0.167.